The number of rotatable bonds is 4. The lowest BCUT2D eigenvalue weighted by atomic mass is 10.1. The zero-order valence-corrected chi connectivity index (χ0v) is 9.03. The average molecular weight is 206 g/mol. The number of hydrogen-bond donors (Lipinski definition) is 3. The average Bonchev–Trinajstić information content (AvgIpc) is 2.27. The first-order valence-corrected chi connectivity index (χ1v) is 5.00. The number of benzene rings is 1. The van der Waals surface area contributed by atoms with Crippen molar-refractivity contribution in [2.24, 2.45) is 16.5 Å². The summed E-state index contributed by atoms with van der Waals surface area (Å²) in [7, 11) is 1.66. The quantitative estimate of drug-likeness (QED) is 0.487. The molecule has 5 N–H and O–H groups in total. The molecule has 0 bridgehead atoms. The molecule has 0 spiro atoms. The fourth-order valence-corrected chi connectivity index (χ4v) is 1.33. The van der Waals surface area contributed by atoms with E-state index < -0.39 is 0 Å². The van der Waals surface area contributed by atoms with Gasteiger partial charge in [-0.2, -0.15) is 0 Å². The second-order valence-electron chi connectivity index (χ2n) is 3.32. The summed E-state index contributed by atoms with van der Waals surface area (Å²) < 4.78 is 0. The van der Waals surface area contributed by atoms with Crippen molar-refractivity contribution in [3.05, 3.63) is 35.4 Å². The molecule has 4 heteroatoms. The number of nitrogens with two attached hydrogens (primary N) is 2. The van der Waals surface area contributed by atoms with Crippen molar-refractivity contribution in [2.45, 2.75) is 13.0 Å². The van der Waals surface area contributed by atoms with Crippen LogP contribution in [0.3, 0.4) is 0 Å². The summed E-state index contributed by atoms with van der Waals surface area (Å²) in [5.74, 6) is 0.458. The van der Waals surface area contributed by atoms with E-state index in [0.29, 0.717) is 19.0 Å². The van der Waals surface area contributed by atoms with Gasteiger partial charge < -0.3 is 16.8 Å². The molecule has 0 heterocycles. The van der Waals surface area contributed by atoms with Gasteiger partial charge in [-0.25, -0.2) is 0 Å². The highest BCUT2D eigenvalue weighted by molar-refractivity contribution is 5.77. The molecule has 0 amide bonds. The van der Waals surface area contributed by atoms with Crippen LogP contribution >= 0.6 is 0 Å². The van der Waals surface area contributed by atoms with Crippen LogP contribution in [0.25, 0.3) is 0 Å². The molecule has 0 aliphatic heterocycles. The molecule has 0 aliphatic rings. The van der Waals surface area contributed by atoms with E-state index in [1.54, 1.807) is 7.05 Å². The number of guanidine groups is 1. The van der Waals surface area contributed by atoms with Gasteiger partial charge in [0.05, 0.1) is 0 Å². The number of nitrogens with one attached hydrogen (secondary N) is 1. The lowest BCUT2D eigenvalue weighted by Gasteiger charge is -2.06. The molecule has 0 saturated heterocycles. The van der Waals surface area contributed by atoms with Crippen LogP contribution in [-0.2, 0) is 13.0 Å². The normalized spacial score (nSPS) is 11.5. The van der Waals surface area contributed by atoms with Gasteiger partial charge in [0.25, 0.3) is 0 Å². The van der Waals surface area contributed by atoms with E-state index in [0.717, 1.165) is 6.42 Å². The van der Waals surface area contributed by atoms with Crippen molar-refractivity contribution in [3.8, 4) is 0 Å². The monoisotopic (exact) mass is 206 g/mol. The Kier molecular flexibility index (Phi) is 4.63. The van der Waals surface area contributed by atoms with E-state index in [1.807, 2.05) is 6.07 Å². The summed E-state index contributed by atoms with van der Waals surface area (Å²) in [6, 6.07) is 8.29. The van der Waals surface area contributed by atoms with Crippen molar-refractivity contribution >= 4 is 5.96 Å². The van der Waals surface area contributed by atoms with E-state index in [4.69, 9.17) is 11.5 Å². The summed E-state index contributed by atoms with van der Waals surface area (Å²) in [6.45, 7) is 1.37. The summed E-state index contributed by atoms with van der Waals surface area (Å²) in [5.41, 5.74) is 13.5. The van der Waals surface area contributed by atoms with Crippen LogP contribution in [0.2, 0.25) is 0 Å². The molecule has 0 aliphatic carbocycles. The molecule has 0 saturated carbocycles. The predicted molar refractivity (Wildman–Crippen MR) is 63.6 cm³/mol. The third-order valence-electron chi connectivity index (χ3n) is 2.14. The smallest absolute Gasteiger partial charge is 0.188 e. The van der Waals surface area contributed by atoms with Crippen LogP contribution < -0.4 is 16.8 Å². The first-order chi connectivity index (χ1) is 7.26. The number of aliphatic imine (C=N–C) groups is 1. The van der Waals surface area contributed by atoms with Crippen molar-refractivity contribution in [1.29, 1.82) is 0 Å². The zero-order valence-electron chi connectivity index (χ0n) is 9.03. The minimum Gasteiger partial charge on any atom is -0.370 e. The maximum Gasteiger partial charge on any atom is 0.188 e. The molecule has 82 valence electrons. The largest absolute Gasteiger partial charge is 0.370 e. The zero-order chi connectivity index (χ0) is 11.1. The van der Waals surface area contributed by atoms with Gasteiger partial charge in [0, 0.05) is 13.6 Å². The molecule has 0 unspecified atom stereocenters. The summed E-state index contributed by atoms with van der Waals surface area (Å²) in [6.07, 6.45) is 0.908. The summed E-state index contributed by atoms with van der Waals surface area (Å²) in [5, 5.41) is 3.01. The van der Waals surface area contributed by atoms with Gasteiger partial charge in [-0.15, -0.1) is 0 Å². The first kappa shape index (κ1) is 11.5. The van der Waals surface area contributed by atoms with Gasteiger partial charge in [-0.05, 0) is 24.1 Å². The Hall–Kier alpha value is -1.55. The van der Waals surface area contributed by atoms with Crippen LogP contribution in [0.1, 0.15) is 11.1 Å². The third kappa shape index (κ3) is 3.99. The van der Waals surface area contributed by atoms with Crippen molar-refractivity contribution in [2.75, 3.05) is 13.6 Å². The van der Waals surface area contributed by atoms with Gasteiger partial charge >= 0.3 is 0 Å². The first-order valence-electron chi connectivity index (χ1n) is 5.00. The van der Waals surface area contributed by atoms with Crippen LogP contribution in [0.15, 0.2) is 29.3 Å². The molecular weight excluding hydrogens is 188 g/mol. The number of nitrogens with zero attached hydrogens (tertiary/aromatic N) is 1. The highest BCUT2D eigenvalue weighted by Gasteiger charge is 1.96. The Morgan fingerprint density at radius 1 is 1.40 bits per heavy atom. The van der Waals surface area contributed by atoms with Gasteiger partial charge in [-0.3, -0.25) is 4.99 Å². The van der Waals surface area contributed by atoms with Crippen molar-refractivity contribution < 1.29 is 0 Å². The van der Waals surface area contributed by atoms with E-state index in [9.17, 15) is 0 Å². The molecule has 0 atom stereocenters. The van der Waals surface area contributed by atoms with E-state index in [2.05, 4.69) is 28.5 Å². The third-order valence-corrected chi connectivity index (χ3v) is 2.14. The Labute approximate surface area is 90.4 Å². The molecule has 15 heavy (non-hydrogen) atoms. The van der Waals surface area contributed by atoms with E-state index in [1.165, 1.54) is 11.1 Å². The molecule has 0 fully saturated rings. The second-order valence-corrected chi connectivity index (χ2v) is 3.32. The second kappa shape index (κ2) is 6.03. The Bertz CT molecular complexity index is 333. The highest BCUT2D eigenvalue weighted by atomic mass is 15.1. The SMILES string of the molecule is CN=C(N)NCc1cccc(CCN)c1. The molecule has 4 nitrogen and oxygen atoms in total. The predicted octanol–water partition coefficient (Wildman–Crippen LogP) is 0.222. The lowest BCUT2D eigenvalue weighted by Crippen LogP contribution is -2.30. The fraction of sp³-hybridized carbons (Fsp3) is 0.364. The highest BCUT2D eigenvalue weighted by Crippen LogP contribution is 2.05. The summed E-state index contributed by atoms with van der Waals surface area (Å²) >= 11 is 0. The topological polar surface area (TPSA) is 76.4 Å². The molecular formula is C11H18N4. The van der Waals surface area contributed by atoms with E-state index >= 15 is 0 Å². The van der Waals surface area contributed by atoms with Crippen LogP contribution in [0, 0.1) is 0 Å². The van der Waals surface area contributed by atoms with Crippen molar-refractivity contribution in [3.63, 3.8) is 0 Å². The Morgan fingerprint density at radius 2 is 2.13 bits per heavy atom. The van der Waals surface area contributed by atoms with Crippen LogP contribution in [-0.4, -0.2) is 19.6 Å². The minimum absolute atomic E-state index is 0.458. The molecule has 1 aromatic carbocycles. The van der Waals surface area contributed by atoms with Crippen LogP contribution in [0.4, 0.5) is 0 Å². The van der Waals surface area contributed by atoms with Gasteiger partial charge in [0.2, 0.25) is 0 Å². The van der Waals surface area contributed by atoms with Crippen molar-refractivity contribution in [1.82, 2.24) is 5.32 Å². The lowest BCUT2D eigenvalue weighted by molar-refractivity contribution is 0.891. The van der Waals surface area contributed by atoms with Gasteiger partial charge in [0.15, 0.2) is 5.96 Å². The fourth-order valence-electron chi connectivity index (χ4n) is 1.33. The maximum absolute atomic E-state index is 5.54. The molecule has 1 rings (SSSR count). The van der Waals surface area contributed by atoms with Crippen LogP contribution in [0.5, 0.6) is 0 Å². The Morgan fingerprint density at radius 3 is 2.80 bits per heavy atom. The molecule has 0 radical (unpaired) electrons. The maximum atomic E-state index is 5.54. The number of hydrogen-bond acceptors (Lipinski definition) is 2. The minimum atomic E-state index is 0.458. The van der Waals surface area contributed by atoms with Gasteiger partial charge in [-0.1, -0.05) is 24.3 Å². The molecule has 0 aromatic heterocycles. The van der Waals surface area contributed by atoms with E-state index in [-0.39, 0.29) is 0 Å². The summed E-state index contributed by atoms with van der Waals surface area (Å²) in [4.78, 5) is 3.83. The Balaban J connectivity index is 2.57. The van der Waals surface area contributed by atoms with Gasteiger partial charge in [0.1, 0.15) is 0 Å². The standard InChI is InChI=1S/C11H18N4/c1-14-11(13)15-8-10-4-2-3-9(7-10)5-6-12/h2-4,7H,5-6,8,12H2,1H3,(H3,13,14,15). The molecule has 1 aromatic rings.